The van der Waals surface area contributed by atoms with Crippen LogP contribution in [0, 0.1) is 18.8 Å². The van der Waals surface area contributed by atoms with Crippen LogP contribution in [0.4, 0.5) is 0 Å². The molecule has 1 unspecified atom stereocenters. The summed E-state index contributed by atoms with van der Waals surface area (Å²) in [6, 6.07) is 1.90. The lowest BCUT2D eigenvalue weighted by molar-refractivity contribution is 0.0892. The molecule has 0 aliphatic carbocycles. The van der Waals surface area contributed by atoms with Gasteiger partial charge in [0, 0.05) is 22.9 Å². The van der Waals surface area contributed by atoms with Gasteiger partial charge in [0.1, 0.15) is 0 Å². The molecule has 0 saturated carbocycles. The number of ketones is 1. The minimum absolute atomic E-state index is 0.0386. The highest BCUT2D eigenvalue weighted by Gasteiger charge is 2.23. The third kappa shape index (κ3) is 2.22. The van der Waals surface area contributed by atoms with Crippen LogP contribution in [-0.2, 0) is 0 Å². The molecule has 0 saturated heterocycles. The zero-order chi connectivity index (χ0) is 10.7. The molecule has 3 heteroatoms. The second kappa shape index (κ2) is 4.71. The van der Waals surface area contributed by atoms with E-state index in [4.69, 9.17) is 5.73 Å². The Hall–Kier alpha value is -0.670. The van der Waals surface area contributed by atoms with Gasteiger partial charge in [-0.25, -0.2) is 0 Å². The summed E-state index contributed by atoms with van der Waals surface area (Å²) in [7, 11) is 0. The Balaban J connectivity index is 2.89. The number of hydrogen-bond acceptors (Lipinski definition) is 3. The molecule has 0 radical (unpaired) electrons. The van der Waals surface area contributed by atoms with E-state index in [1.54, 1.807) is 11.3 Å². The maximum atomic E-state index is 12.0. The lowest BCUT2D eigenvalue weighted by atomic mass is 9.88. The lowest BCUT2D eigenvalue weighted by Crippen LogP contribution is -2.28. The standard InChI is InChI=1S/C11H17NOS/c1-7(2)10(6-12)11(13)9-4-5-14-8(9)3/h4-5,7,10H,6,12H2,1-3H3. The Bertz CT molecular complexity index is 317. The summed E-state index contributed by atoms with van der Waals surface area (Å²) in [6.45, 7) is 6.49. The predicted molar refractivity (Wildman–Crippen MR) is 60.8 cm³/mol. The summed E-state index contributed by atoms with van der Waals surface area (Å²) in [4.78, 5) is 13.1. The van der Waals surface area contributed by atoms with Gasteiger partial charge in [0.15, 0.2) is 5.78 Å². The van der Waals surface area contributed by atoms with Gasteiger partial charge in [0.25, 0.3) is 0 Å². The minimum Gasteiger partial charge on any atom is -0.330 e. The van der Waals surface area contributed by atoms with Crippen molar-refractivity contribution in [1.82, 2.24) is 0 Å². The average Bonchev–Trinajstić information content (AvgIpc) is 2.51. The van der Waals surface area contributed by atoms with Crippen molar-refractivity contribution in [3.05, 3.63) is 21.9 Å². The maximum absolute atomic E-state index is 12.0. The van der Waals surface area contributed by atoms with Crippen LogP contribution in [0.2, 0.25) is 0 Å². The molecule has 0 aliphatic heterocycles. The molecular weight excluding hydrogens is 194 g/mol. The minimum atomic E-state index is -0.0386. The Morgan fingerprint density at radius 2 is 2.21 bits per heavy atom. The SMILES string of the molecule is Cc1sccc1C(=O)C(CN)C(C)C. The second-order valence-corrected chi connectivity index (χ2v) is 4.96. The van der Waals surface area contributed by atoms with E-state index in [1.807, 2.05) is 32.2 Å². The summed E-state index contributed by atoms with van der Waals surface area (Å²) < 4.78 is 0. The first-order valence-electron chi connectivity index (χ1n) is 4.86. The van der Waals surface area contributed by atoms with Crippen molar-refractivity contribution in [2.75, 3.05) is 6.54 Å². The molecular formula is C11H17NOS. The summed E-state index contributed by atoms with van der Waals surface area (Å²) in [6.07, 6.45) is 0. The van der Waals surface area contributed by atoms with E-state index in [9.17, 15) is 4.79 Å². The van der Waals surface area contributed by atoms with Crippen LogP contribution in [-0.4, -0.2) is 12.3 Å². The highest BCUT2D eigenvalue weighted by molar-refractivity contribution is 7.10. The van der Waals surface area contributed by atoms with Crippen LogP contribution in [0.15, 0.2) is 11.4 Å². The van der Waals surface area contributed by atoms with E-state index in [1.165, 1.54) is 0 Å². The number of carbonyl (C=O) groups is 1. The van der Waals surface area contributed by atoms with E-state index >= 15 is 0 Å². The number of aryl methyl sites for hydroxylation is 1. The van der Waals surface area contributed by atoms with Crippen LogP contribution >= 0.6 is 11.3 Å². The van der Waals surface area contributed by atoms with Crippen molar-refractivity contribution in [2.24, 2.45) is 17.6 Å². The fraction of sp³-hybridized carbons (Fsp3) is 0.545. The number of thiophene rings is 1. The number of Topliss-reactive ketones (excluding diaryl/α,β-unsaturated/α-hetero) is 1. The molecule has 1 aromatic rings. The molecule has 2 N–H and O–H groups in total. The molecule has 0 fully saturated rings. The zero-order valence-electron chi connectivity index (χ0n) is 8.91. The Morgan fingerprint density at radius 1 is 1.57 bits per heavy atom. The second-order valence-electron chi connectivity index (χ2n) is 3.84. The number of nitrogens with two attached hydrogens (primary N) is 1. The monoisotopic (exact) mass is 211 g/mol. The average molecular weight is 211 g/mol. The summed E-state index contributed by atoms with van der Waals surface area (Å²) in [5.41, 5.74) is 6.46. The topological polar surface area (TPSA) is 43.1 Å². The molecule has 0 aromatic carbocycles. The van der Waals surface area contributed by atoms with Gasteiger partial charge in [-0.1, -0.05) is 13.8 Å². The van der Waals surface area contributed by atoms with E-state index in [-0.39, 0.29) is 11.7 Å². The highest BCUT2D eigenvalue weighted by Crippen LogP contribution is 2.22. The molecule has 78 valence electrons. The molecule has 0 aliphatic rings. The lowest BCUT2D eigenvalue weighted by Gasteiger charge is -2.17. The van der Waals surface area contributed by atoms with Gasteiger partial charge >= 0.3 is 0 Å². The van der Waals surface area contributed by atoms with Gasteiger partial charge in [-0.2, -0.15) is 0 Å². The Labute approximate surface area is 89.1 Å². The van der Waals surface area contributed by atoms with Gasteiger partial charge < -0.3 is 5.73 Å². The molecule has 2 nitrogen and oxygen atoms in total. The Morgan fingerprint density at radius 3 is 2.57 bits per heavy atom. The quantitative estimate of drug-likeness (QED) is 0.777. The molecule has 1 rings (SSSR count). The highest BCUT2D eigenvalue weighted by atomic mass is 32.1. The van der Waals surface area contributed by atoms with Crippen LogP contribution in [0.3, 0.4) is 0 Å². The maximum Gasteiger partial charge on any atom is 0.168 e. The van der Waals surface area contributed by atoms with Crippen molar-refractivity contribution in [3.63, 3.8) is 0 Å². The molecule has 1 atom stereocenters. The fourth-order valence-corrected chi connectivity index (χ4v) is 2.23. The first kappa shape index (κ1) is 11.4. The summed E-state index contributed by atoms with van der Waals surface area (Å²) in [5.74, 6) is 0.469. The first-order valence-corrected chi connectivity index (χ1v) is 5.74. The smallest absolute Gasteiger partial charge is 0.168 e. The number of hydrogen-bond donors (Lipinski definition) is 1. The van der Waals surface area contributed by atoms with Crippen LogP contribution in [0.25, 0.3) is 0 Å². The van der Waals surface area contributed by atoms with E-state index in [0.717, 1.165) is 10.4 Å². The summed E-state index contributed by atoms with van der Waals surface area (Å²) >= 11 is 1.61. The number of rotatable bonds is 4. The number of carbonyl (C=O) groups excluding carboxylic acids is 1. The zero-order valence-corrected chi connectivity index (χ0v) is 9.73. The van der Waals surface area contributed by atoms with Gasteiger partial charge in [-0.3, -0.25) is 4.79 Å². The third-order valence-corrected chi connectivity index (χ3v) is 3.37. The van der Waals surface area contributed by atoms with Crippen molar-refractivity contribution in [3.8, 4) is 0 Å². The van der Waals surface area contributed by atoms with Crippen LogP contribution in [0.5, 0.6) is 0 Å². The Kier molecular flexibility index (Phi) is 3.84. The van der Waals surface area contributed by atoms with Gasteiger partial charge in [-0.05, 0) is 24.3 Å². The molecule has 14 heavy (non-hydrogen) atoms. The van der Waals surface area contributed by atoms with Gasteiger partial charge in [-0.15, -0.1) is 11.3 Å². The van der Waals surface area contributed by atoms with Crippen molar-refractivity contribution >= 4 is 17.1 Å². The van der Waals surface area contributed by atoms with Crippen molar-refractivity contribution in [1.29, 1.82) is 0 Å². The molecule has 0 spiro atoms. The third-order valence-electron chi connectivity index (χ3n) is 2.52. The fourth-order valence-electron chi connectivity index (χ4n) is 1.52. The van der Waals surface area contributed by atoms with Gasteiger partial charge in [0.2, 0.25) is 0 Å². The van der Waals surface area contributed by atoms with Crippen molar-refractivity contribution in [2.45, 2.75) is 20.8 Å². The summed E-state index contributed by atoms with van der Waals surface area (Å²) in [5, 5.41) is 1.95. The van der Waals surface area contributed by atoms with E-state index in [0.29, 0.717) is 12.5 Å². The van der Waals surface area contributed by atoms with E-state index < -0.39 is 0 Å². The first-order chi connectivity index (χ1) is 6.57. The predicted octanol–water partition coefficient (Wildman–Crippen LogP) is 2.47. The van der Waals surface area contributed by atoms with Crippen LogP contribution < -0.4 is 5.73 Å². The molecule has 0 bridgehead atoms. The largest absolute Gasteiger partial charge is 0.330 e. The van der Waals surface area contributed by atoms with E-state index in [2.05, 4.69) is 0 Å². The molecule has 0 amide bonds. The molecule has 1 heterocycles. The molecule has 1 aromatic heterocycles. The normalized spacial score (nSPS) is 13.2. The van der Waals surface area contributed by atoms with Crippen molar-refractivity contribution < 1.29 is 4.79 Å². The van der Waals surface area contributed by atoms with Gasteiger partial charge in [0.05, 0.1) is 0 Å². The van der Waals surface area contributed by atoms with Crippen LogP contribution in [0.1, 0.15) is 29.1 Å².